The second-order valence-electron chi connectivity index (χ2n) is 0.412. The second-order valence-corrected chi connectivity index (χ2v) is 1.24. The molecule has 0 aromatic carbocycles. The van der Waals surface area contributed by atoms with Gasteiger partial charge in [0.2, 0.25) is 0 Å². The van der Waals surface area contributed by atoms with Crippen molar-refractivity contribution in [3.05, 3.63) is 0 Å². The monoisotopic (exact) mass is 241 g/mol. The fourth-order valence-corrected chi connectivity index (χ4v) is 0. The predicted octanol–water partition coefficient (Wildman–Crippen LogP) is -0.241. The van der Waals surface area contributed by atoms with Gasteiger partial charge in [-0.3, -0.25) is 4.55 Å². The molecule has 0 aliphatic heterocycles. The zero-order valence-electron chi connectivity index (χ0n) is 2.63. The van der Waals surface area contributed by atoms with E-state index >= 15 is 0 Å². The molecule has 0 bridgehead atoms. The van der Waals surface area contributed by atoms with Crippen LogP contribution in [-0.4, -0.2) is 13.0 Å². The van der Waals surface area contributed by atoms with Gasteiger partial charge < -0.3 is 0 Å². The second kappa shape index (κ2) is 3.24. The van der Waals surface area contributed by atoms with E-state index in [1.807, 2.05) is 0 Å². The zero-order valence-corrected chi connectivity index (χ0v) is 7.15. The summed E-state index contributed by atoms with van der Waals surface area (Å²) < 4.78 is 34.1. The Labute approximate surface area is 67.9 Å². The van der Waals surface area contributed by atoms with Crippen molar-refractivity contribution < 1.29 is 58.1 Å². The molecule has 0 amide bonds. The number of rotatable bonds is 0. The maximum atomic E-state index is 10.2. The average Bonchev–Trinajstić information content (AvgIpc) is 0.722. The SMILES string of the molecule is O=S(=O)(O)F.[Pr]. The van der Waals surface area contributed by atoms with Crippen molar-refractivity contribution in [3.8, 4) is 0 Å². The number of hydrogen-bond donors (Lipinski definition) is 1. The molecule has 0 aromatic heterocycles. The molecule has 35 valence electrons. The molecular formula is HFO3PrS. The van der Waals surface area contributed by atoms with Gasteiger partial charge in [-0.25, -0.2) is 0 Å². The van der Waals surface area contributed by atoms with Crippen LogP contribution in [0.5, 0.6) is 0 Å². The van der Waals surface area contributed by atoms with Gasteiger partial charge in [0.05, 0.1) is 0 Å². The molecule has 6 heteroatoms. The van der Waals surface area contributed by atoms with Crippen molar-refractivity contribution in [1.82, 2.24) is 0 Å². The predicted molar refractivity (Wildman–Crippen MR) is 12.7 cm³/mol. The van der Waals surface area contributed by atoms with Crippen LogP contribution in [0, 0.1) is 41.3 Å². The summed E-state index contributed by atoms with van der Waals surface area (Å²) in [6.45, 7) is 0. The Hall–Kier alpha value is 1.20. The van der Waals surface area contributed by atoms with Gasteiger partial charge in [0, 0.05) is 41.3 Å². The van der Waals surface area contributed by atoms with Crippen LogP contribution in [-0.2, 0) is 10.5 Å². The van der Waals surface area contributed by atoms with Gasteiger partial charge in [0.1, 0.15) is 0 Å². The van der Waals surface area contributed by atoms with E-state index in [0.717, 1.165) is 0 Å². The molecule has 0 unspecified atom stereocenters. The van der Waals surface area contributed by atoms with Gasteiger partial charge in [-0.15, -0.1) is 0 Å². The number of halogens is 1. The maximum absolute atomic E-state index is 10.2. The van der Waals surface area contributed by atoms with Gasteiger partial charge >= 0.3 is 10.5 Å². The fraction of sp³-hybridized carbons (Fsp3) is 0. The molecule has 0 saturated heterocycles. The van der Waals surface area contributed by atoms with Crippen LogP contribution in [0.4, 0.5) is 3.89 Å². The van der Waals surface area contributed by atoms with Crippen molar-refractivity contribution in [3.63, 3.8) is 0 Å². The van der Waals surface area contributed by atoms with E-state index in [1.54, 1.807) is 0 Å². The van der Waals surface area contributed by atoms with Crippen LogP contribution in [0.2, 0.25) is 0 Å². The van der Waals surface area contributed by atoms with E-state index in [1.165, 1.54) is 0 Å². The first-order chi connectivity index (χ1) is 2.00. The molecule has 3 nitrogen and oxygen atoms in total. The third-order valence-corrected chi connectivity index (χ3v) is 0. The van der Waals surface area contributed by atoms with Gasteiger partial charge in [0.25, 0.3) is 0 Å². The zero-order chi connectivity index (χ0) is 4.50. The molecule has 0 aliphatic rings. The van der Waals surface area contributed by atoms with Crippen LogP contribution < -0.4 is 0 Å². The van der Waals surface area contributed by atoms with Crippen LogP contribution in [0.15, 0.2) is 0 Å². The maximum Gasteiger partial charge on any atom is 0.435 e. The summed E-state index contributed by atoms with van der Waals surface area (Å²) in [5.74, 6) is 0. The first-order valence-corrected chi connectivity index (χ1v) is 2.01. The van der Waals surface area contributed by atoms with Gasteiger partial charge in [-0.1, -0.05) is 3.89 Å². The molecule has 6 heavy (non-hydrogen) atoms. The summed E-state index contributed by atoms with van der Waals surface area (Å²) in [7, 11) is -5.17. The number of hydrogen-bond acceptors (Lipinski definition) is 2. The van der Waals surface area contributed by atoms with E-state index in [0.29, 0.717) is 0 Å². The molecule has 0 rings (SSSR count). The minimum Gasteiger partial charge on any atom is -0.260 e. The van der Waals surface area contributed by atoms with Crippen molar-refractivity contribution in [2.24, 2.45) is 0 Å². The molecule has 0 atom stereocenters. The van der Waals surface area contributed by atoms with Crippen LogP contribution in [0.1, 0.15) is 0 Å². The summed E-state index contributed by atoms with van der Waals surface area (Å²) in [5, 5.41) is 0. The van der Waals surface area contributed by atoms with E-state index < -0.39 is 10.5 Å². The molecule has 1 radical (unpaired) electrons. The first-order valence-electron chi connectivity index (χ1n) is 0.670. The van der Waals surface area contributed by atoms with Crippen molar-refractivity contribution >= 4 is 10.5 Å². The third kappa shape index (κ3) is 63.5. The third-order valence-electron chi connectivity index (χ3n) is 0. The Balaban J connectivity index is 0. The minimum atomic E-state index is -5.17. The van der Waals surface area contributed by atoms with Crippen LogP contribution in [0.3, 0.4) is 0 Å². The van der Waals surface area contributed by atoms with Crippen molar-refractivity contribution in [2.75, 3.05) is 0 Å². The summed E-state index contributed by atoms with van der Waals surface area (Å²) in [6, 6.07) is 0. The summed E-state index contributed by atoms with van der Waals surface area (Å²) in [5.41, 5.74) is 0. The molecule has 0 heterocycles. The van der Waals surface area contributed by atoms with Crippen LogP contribution >= 0.6 is 0 Å². The quantitative estimate of drug-likeness (QED) is 0.470. The largest absolute Gasteiger partial charge is 0.435 e. The van der Waals surface area contributed by atoms with Crippen molar-refractivity contribution in [2.45, 2.75) is 0 Å². The summed E-state index contributed by atoms with van der Waals surface area (Å²) >= 11 is 0. The molecular weight excluding hydrogens is 240 g/mol. The molecule has 0 aromatic rings. The first kappa shape index (κ1) is 10.2. The van der Waals surface area contributed by atoms with E-state index in [-0.39, 0.29) is 41.3 Å². The Kier molecular flexibility index (Phi) is 5.52. The summed E-state index contributed by atoms with van der Waals surface area (Å²) in [6.07, 6.45) is 0. The molecule has 1 N–H and O–H groups in total. The minimum absolute atomic E-state index is 0. The summed E-state index contributed by atoms with van der Waals surface area (Å²) in [4.78, 5) is 0. The average molecular weight is 241 g/mol. The van der Waals surface area contributed by atoms with Crippen LogP contribution in [0.25, 0.3) is 0 Å². The van der Waals surface area contributed by atoms with E-state index in [9.17, 15) is 3.89 Å². The van der Waals surface area contributed by atoms with Crippen molar-refractivity contribution in [1.29, 1.82) is 0 Å². The topological polar surface area (TPSA) is 54.4 Å². The molecule has 0 spiro atoms. The molecule has 0 aliphatic carbocycles. The normalized spacial score (nSPS) is 9.67. The van der Waals surface area contributed by atoms with Gasteiger partial charge in [0.15, 0.2) is 0 Å². The van der Waals surface area contributed by atoms with E-state index in [4.69, 9.17) is 13.0 Å². The standard InChI is InChI=1S/FHO3S.Pr/c1-5(2,3)4;/h(H,2,3,4);. The molecule has 0 saturated carbocycles. The Morgan fingerprint density at radius 2 is 1.50 bits per heavy atom. The smallest absolute Gasteiger partial charge is 0.260 e. The Morgan fingerprint density at radius 1 is 1.50 bits per heavy atom. The Bertz CT molecular complexity index is 94.0. The van der Waals surface area contributed by atoms with E-state index in [2.05, 4.69) is 0 Å². The van der Waals surface area contributed by atoms with Gasteiger partial charge in [-0.05, 0) is 0 Å². The molecule has 0 fully saturated rings. The fourth-order valence-electron chi connectivity index (χ4n) is 0. The Morgan fingerprint density at radius 3 is 1.50 bits per heavy atom. The van der Waals surface area contributed by atoms with Gasteiger partial charge in [-0.2, -0.15) is 8.42 Å².